The molecule has 38 heavy (non-hydrogen) atoms. The number of aliphatic hydroxyl groups is 1. The molecule has 0 aromatic heterocycles. The van der Waals surface area contributed by atoms with Crippen LogP contribution in [0.3, 0.4) is 0 Å². The van der Waals surface area contributed by atoms with Gasteiger partial charge >= 0.3 is 0 Å². The van der Waals surface area contributed by atoms with E-state index in [1.165, 1.54) is 12.1 Å². The lowest BCUT2D eigenvalue weighted by atomic mass is 9.78. The molecule has 2 aromatic carbocycles. The number of fused-ring (bicyclic) bond motifs is 1. The second-order valence-electron chi connectivity index (χ2n) is 10.9. The standard InChI is InChI=1S/C30H39F2N3O3/c1-4-5-10-35-17-25(18(2)19(3)30(35)38)29(37)34-27(13-20-11-23(31)15-24(32)12-20)28(36)26-14-21-8-6-7-9-22(21)16-33-26/h6-9,11-12,15,18-19,25-28,33,36H,4-5,10,13-14,16-17H2,1-3H3,(H,34,37)/t18?,19?,25?,26-,27+,28-/m1/s1. The molecule has 2 aliphatic heterocycles. The number of nitrogens with one attached hydrogen (secondary N) is 2. The summed E-state index contributed by atoms with van der Waals surface area (Å²) in [6, 6.07) is 10.1. The Morgan fingerprint density at radius 1 is 1.16 bits per heavy atom. The number of piperidine rings is 1. The van der Waals surface area contributed by atoms with Crippen molar-refractivity contribution in [3.63, 3.8) is 0 Å². The number of unbranched alkanes of at least 4 members (excludes halogenated alkanes) is 1. The first kappa shape index (κ1) is 28.2. The first-order chi connectivity index (χ1) is 18.2. The summed E-state index contributed by atoms with van der Waals surface area (Å²) in [5.74, 6) is -2.52. The highest BCUT2D eigenvalue weighted by molar-refractivity contribution is 5.85. The topological polar surface area (TPSA) is 81.7 Å². The maximum Gasteiger partial charge on any atom is 0.225 e. The molecule has 0 saturated carbocycles. The van der Waals surface area contributed by atoms with Gasteiger partial charge in [0.05, 0.1) is 18.1 Å². The molecule has 2 amide bonds. The third-order valence-electron chi connectivity index (χ3n) is 8.30. The largest absolute Gasteiger partial charge is 0.389 e. The fraction of sp³-hybridized carbons (Fsp3) is 0.533. The molecule has 2 aromatic rings. The summed E-state index contributed by atoms with van der Waals surface area (Å²) >= 11 is 0. The molecule has 1 fully saturated rings. The van der Waals surface area contributed by atoms with Crippen LogP contribution in [0, 0.1) is 29.4 Å². The first-order valence-electron chi connectivity index (χ1n) is 13.7. The third kappa shape index (κ3) is 6.41. The summed E-state index contributed by atoms with van der Waals surface area (Å²) in [4.78, 5) is 28.3. The second-order valence-corrected chi connectivity index (χ2v) is 10.9. The van der Waals surface area contributed by atoms with Gasteiger partial charge in [0, 0.05) is 37.7 Å². The van der Waals surface area contributed by atoms with Gasteiger partial charge in [-0.1, -0.05) is 51.5 Å². The van der Waals surface area contributed by atoms with Gasteiger partial charge in [0.2, 0.25) is 11.8 Å². The maximum atomic E-state index is 14.0. The van der Waals surface area contributed by atoms with Crippen LogP contribution in [0.15, 0.2) is 42.5 Å². The van der Waals surface area contributed by atoms with Crippen LogP contribution in [0.4, 0.5) is 8.78 Å². The zero-order valence-electron chi connectivity index (χ0n) is 22.4. The monoisotopic (exact) mass is 527 g/mol. The fourth-order valence-electron chi connectivity index (χ4n) is 5.76. The molecule has 8 heteroatoms. The van der Waals surface area contributed by atoms with E-state index in [1.807, 2.05) is 38.1 Å². The van der Waals surface area contributed by atoms with Gasteiger partial charge in [-0.2, -0.15) is 0 Å². The highest BCUT2D eigenvalue weighted by atomic mass is 19.1. The number of aliphatic hydroxyl groups excluding tert-OH is 1. The van der Waals surface area contributed by atoms with E-state index < -0.39 is 29.7 Å². The van der Waals surface area contributed by atoms with Crippen molar-refractivity contribution in [2.24, 2.45) is 17.8 Å². The Morgan fingerprint density at radius 2 is 1.84 bits per heavy atom. The second kappa shape index (κ2) is 12.3. The summed E-state index contributed by atoms with van der Waals surface area (Å²) in [7, 11) is 0. The Bertz CT molecular complexity index is 1120. The van der Waals surface area contributed by atoms with Gasteiger partial charge in [0.25, 0.3) is 0 Å². The van der Waals surface area contributed by atoms with Crippen LogP contribution < -0.4 is 10.6 Å². The van der Waals surface area contributed by atoms with Gasteiger partial charge in [-0.15, -0.1) is 0 Å². The minimum atomic E-state index is -1.01. The average Bonchev–Trinajstić information content (AvgIpc) is 2.89. The van der Waals surface area contributed by atoms with E-state index >= 15 is 0 Å². The normalized spacial score (nSPS) is 25.0. The van der Waals surface area contributed by atoms with Crippen LogP contribution in [0.2, 0.25) is 0 Å². The van der Waals surface area contributed by atoms with E-state index in [2.05, 4.69) is 17.6 Å². The minimum absolute atomic E-state index is 0.0619. The average molecular weight is 528 g/mol. The molecule has 3 N–H and O–H groups in total. The third-order valence-corrected chi connectivity index (χ3v) is 8.30. The van der Waals surface area contributed by atoms with Crippen molar-refractivity contribution < 1.29 is 23.5 Å². The minimum Gasteiger partial charge on any atom is -0.389 e. The molecule has 0 radical (unpaired) electrons. The maximum absolute atomic E-state index is 14.0. The molecule has 3 unspecified atom stereocenters. The molecular formula is C30H39F2N3O3. The molecule has 2 heterocycles. The SMILES string of the molecule is CCCCN1CC(C(=O)N[C@@H](Cc2cc(F)cc(F)c2)[C@H](O)[C@H]2Cc3ccccc3CN2)C(C)C(C)C1=O. The van der Waals surface area contributed by atoms with E-state index in [4.69, 9.17) is 0 Å². The number of hydrogen-bond donors (Lipinski definition) is 3. The smallest absolute Gasteiger partial charge is 0.225 e. The van der Waals surface area contributed by atoms with E-state index in [0.29, 0.717) is 31.6 Å². The number of nitrogens with zero attached hydrogens (tertiary/aromatic N) is 1. The Morgan fingerprint density at radius 3 is 2.53 bits per heavy atom. The quantitative estimate of drug-likeness (QED) is 0.466. The number of rotatable bonds is 9. The van der Waals surface area contributed by atoms with Crippen LogP contribution >= 0.6 is 0 Å². The van der Waals surface area contributed by atoms with Crippen LogP contribution in [0.25, 0.3) is 0 Å². The van der Waals surface area contributed by atoms with Crippen molar-refractivity contribution in [2.45, 2.75) is 71.2 Å². The summed E-state index contributed by atoms with van der Waals surface area (Å²) in [5.41, 5.74) is 2.63. The number of carbonyl (C=O) groups excluding carboxylic acids is 2. The zero-order valence-corrected chi connectivity index (χ0v) is 22.4. The molecule has 6 atom stereocenters. The van der Waals surface area contributed by atoms with E-state index in [0.717, 1.165) is 30.0 Å². The lowest BCUT2D eigenvalue weighted by Crippen LogP contribution is -2.59. The van der Waals surface area contributed by atoms with E-state index in [-0.39, 0.29) is 36.1 Å². The highest BCUT2D eigenvalue weighted by Gasteiger charge is 2.42. The van der Waals surface area contributed by atoms with Gasteiger partial charge < -0.3 is 20.6 Å². The van der Waals surface area contributed by atoms with Gasteiger partial charge in [0.1, 0.15) is 11.6 Å². The van der Waals surface area contributed by atoms with Crippen molar-refractivity contribution in [1.29, 1.82) is 0 Å². The lowest BCUT2D eigenvalue weighted by Gasteiger charge is -2.41. The number of hydrogen-bond acceptors (Lipinski definition) is 4. The van der Waals surface area contributed by atoms with Crippen molar-refractivity contribution in [1.82, 2.24) is 15.5 Å². The number of amides is 2. The van der Waals surface area contributed by atoms with E-state index in [1.54, 1.807) is 4.90 Å². The van der Waals surface area contributed by atoms with Crippen molar-refractivity contribution in [3.05, 3.63) is 70.8 Å². The van der Waals surface area contributed by atoms with Gasteiger partial charge in [-0.3, -0.25) is 9.59 Å². The number of likely N-dealkylation sites (tertiary alicyclic amines) is 1. The predicted molar refractivity (Wildman–Crippen MR) is 142 cm³/mol. The Kier molecular flexibility index (Phi) is 9.15. The van der Waals surface area contributed by atoms with Gasteiger partial charge in [-0.05, 0) is 54.0 Å². The number of halogens is 2. The summed E-state index contributed by atoms with van der Waals surface area (Å²) in [6.45, 7) is 7.34. The zero-order chi connectivity index (χ0) is 27.4. The molecule has 4 rings (SSSR count). The first-order valence-corrected chi connectivity index (χ1v) is 13.7. The summed E-state index contributed by atoms with van der Waals surface area (Å²) in [5, 5.41) is 17.9. The summed E-state index contributed by atoms with van der Waals surface area (Å²) in [6.07, 6.45) is 1.43. The molecular weight excluding hydrogens is 488 g/mol. The molecule has 1 saturated heterocycles. The van der Waals surface area contributed by atoms with Crippen molar-refractivity contribution in [2.75, 3.05) is 13.1 Å². The molecule has 0 bridgehead atoms. The summed E-state index contributed by atoms with van der Waals surface area (Å²) < 4.78 is 28.0. The number of benzene rings is 2. The van der Waals surface area contributed by atoms with Crippen LogP contribution in [0.5, 0.6) is 0 Å². The molecule has 0 spiro atoms. The predicted octanol–water partition coefficient (Wildman–Crippen LogP) is 3.60. The lowest BCUT2D eigenvalue weighted by molar-refractivity contribution is -0.147. The Hall–Kier alpha value is -2.84. The van der Waals surface area contributed by atoms with Crippen molar-refractivity contribution >= 4 is 11.8 Å². The molecule has 0 aliphatic carbocycles. The van der Waals surface area contributed by atoms with E-state index in [9.17, 15) is 23.5 Å². The highest BCUT2D eigenvalue weighted by Crippen LogP contribution is 2.30. The fourth-order valence-corrected chi connectivity index (χ4v) is 5.76. The molecule has 6 nitrogen and oxygen atoms in total. The van der Waals surface area contributed by atoms with Gasteiger partial charge in [0.15, 0.2) is 0 Å². The van der Waals surface area contributed by atoms with Crippen LogP contribution in [0.1, 0.15) is 50.3 Å². The van der Waals surface area contributed by atoms with Crippen LogP contribution in [-0.2, 0) is 29.0 Å². The Labute approximate surface area is 223 Å². The molecule has 2 aliphatic rings. The Balaban J connectivity index is 1.55. The van der Waals surface area contributed by atoms with Gasteiger partial charge in [-0.25, -0.2) is 8.78 Å². The van der Waals surface area contributed by atoms with Crippen molar-refractivity contribution in [3.8, 4) is 0 Å². The number of carbonyl (C=O) groups is 2. The molecule has 206 valence electrons. The van der Waals surface area contributed by atoms with Crippen LogP contribution in [-0.4, -0.2) is 53.1 Å².